The first-order valence-electron chi connectivity index (χ1n) is 7.39. The van der Waals surface area contributed by atoms with E-state index in [2.05, 4.69) is 15.3 Å². The number of aryl methyl sites for hydroxylation is 1. The van der Waals surface area contributed by atoms with E-state index in [0.717, 1.165) is 11.1 Å². The lowest BCUT2D eigenvalue weighted by Crippen LogP contribution is -2.00. The number of ether oxygens (including phenoxy) is 1. The van der Waals surface area contributed by atoms with Crippen LogP contribution in [0.5, 0.6) is 5.75 Å². The number of hydrogen-bond acceptors (Lipinski definition) is 4. The van der Waals surface area contributed by atoms with Crippen LogP contribution in [-0.2, 0) is 6.61 Å². The Morgan fingerprint density at radius 3 is 2.80 bits per heavy atom. The minimum absolute atomic E-state index is 0.324. The molecular weight excluding hydrogens is 379 g/mol. The molecule has 0 bridgehead atoms. The first-order valence-corrected chi connectivity index (χ1v) is 8.55. The van der Waals surface area contributed by atoms with Crippen molar-refractivity contribution in [2.24, 2.45) is 5.10 Å². The van der Waals surface area contributed by atoms with E-state index in [0.29, 0.717) is 33.0 Å². The van der Waals surface area contributed by atoms with Gasteiger partial charge < -0.3 is 4.74 Å². The SMILES string of the molecule is Cc1n[nH]c(=S)n1/N=C/c1ccccc1OCc1ccc(Cl)cc1Cl. The number of benzene rings is 2. The molecule has 0 aliphatic carbocycles. The molecule has 3 rings (SSSR count). The Morgan fingerprint density at radius 1 is 1.28 bits per heavy atom. The number of H-pyrrole nitrogens is 1. The third-order valence-electron chi connectivity index (χ3n) is 3.44. The summed E-state index contributed by atoms with van der Waals surface area (Å²) in [6.07, 6.45) is 1.68. The van der Waals surface area contributed by atoms with Crippen LogP contribution in [0, 0.1) is 11.7 Å². The smallest absolute Gasteiger partial charge is 0.216 e. The van der Waals surface area contributed by atoms with Crippen molar-refractivity contribution in [1.29, 1.82) is 0 Å². The zero-order valence-electron chi connectivity index (χ0n) is 13.2. The Labute approximate surface area is 159 Å². The Balaban J connectivity index is 1.80. The summed E-state index contributed by atoms with van der Waals surface area (Å²) in [6, 6.07) is 12.9. The highest BCUT2D eigenvalue weighted by molar-refractivity contribution is 7.71. The van der Waals surface area contributed by atoms with Crippen LogP contribution >= 0.6 is 35.4 Å². The standard InChI is InChI=1S/C17H14Cl2N4OS/c1-11-21-22-17(25)23(11)20-9-12-4-2-3-5-16(12)24-10-13-6-7-14(18)8-15(13)19/h2-9H,10H2,1H3,(H,22,25)/b20-9+. The number of halogens is 2. The summed E-state index contributed by atoms with van der Waals surface area (Å²) in [4.78, 5) is 0. The monoisotopic (exact) mass is 392 g/mol. The van der Waals surface area contributed by atoms with Crippen LogP contribution in [-0.4, -0.2) is 21.1 Å². The molecule has 25 heavy (non-hydrogen) atoms. The molecule has 0 unspecified atom stereocenters. The van der Waals surface area contributed by atoms with Crippen molar-refractivity contribution in [3.63, 3.8) is 0 Å². The molecule has 1 aromatic heterocycles. The normalized spacial score (nSPS) is 11.2. The first-order chi connectivity index (χ1) is 12.0. The number of nitrogens with zero attached hydrogens (tertiary/aromatic N) is 3. The van der Waals surface area contributed by atoms with E-state index in [1.165, 1.54) is 0 Å². The molecule has 0 aliphatic heterocycles. The Hall–Kier alpha value is -2.15. The van der Waals surface area contributed by atoms with E-state index < -0.39 is 0 Å². The molecular formula is C17H14Cl2N4OS. The van der Waals surface area contributed by atoms with Crippen LogP contribution < -0.4 is 4.74 Å². The van der Waals surface area contributed by atoms with Gasteiger partial charge in [0.1, 0.15) is 18.2 Å². The summed E-state index contributed by atoms with van der Waals surface area (Å²) in [5.74, 6) is 1.36. The molecule has 128 valence electrons. The Bertz CT molecular complexity index is 981. The number of aromatic nitrogens is 3. The van der Waals surface area contributed by atoms with Crippen LogP contribution in [0.3, 0.4) is 0 Å². The molecule has 0 saturated heterocycles. The maximum absolute atomic E-state index is 6.18. The third kappa shape index (κ3) is 4.28. The van der Waals surface area contributed by atoms with E-state index in [1.54, 1.807) is 23.0 Å². The minimum Gasteiger partial charge on any atom is -0.488 e. The van der Waals surface area contributed by atoms with Crippen molar-refractivity contribution in [2.75, 3.05) is 0 Å². The minimum atomic E-state index is 0.324. The summed E-state index contributed by atoms with van der Waals surface area (Å²) in [7, 11) is 0. The average molecular weight is 393 g/mol. The third-order valence-corrected chi connectivity index (χ3v) is 4.29. The number of rotatable bonds is 5. The zero-order valence-corrected chi connectivity index (χ0v) is 15.6. The number of nitrogens with one attached hydrogen (secondary N) is 1. The van der Waals surface area contributed by atoms with Gasteiger partial charge in [-0.3, -0.25) is 5.10 Å². The van der Waals surface area contributed by atoms with Crippen molar-refractivity contribution < 1.29 is 4.74 Å². The second-order valence-electron chi connectivity index (χ2n) is 5.19. The second-order valence-corrected chi connectivity index (χ2v) is 6.42. The lowest BCUT2D eigenvalue weighted by molar-refractivity contribution is 0.306. The summed E-state index contributed by atoms with van der Waals surface area (Å²) >= 11 is 17.2. The molecule has 0 amide bonds. The number of hydrogen-bond donors (Lipinski definition) is 1. The average Bonchev–Trinajstić information content (AvgIpc) is 2.91. The fourth-order valence-electron chi connectivity index (χ4n) is 2.14. The molecule has 8 heteroatoms. The first kappa shape index (κ1) is 17.7. The molecule has 0 radical (unpaired) electrons. The van der Waals surface area contributed by atoms with Crippen LogP contribution in [0.1, 0.15) is 17.0 Å². The maximum atomic E-state index is 6.18. The van der Waals surface area contributed by atoms with Gasteiger partial charge in [-0.15, -0.1) is 0 Å². The highest BCUT2D eigenvalue weighted by Crippen LogP contribution is 2.24. The van der Waals surface area contributed by atoms with Gasteiger partial charge in [-0.2, -0.15) is 14.9 Å². The lowest BCUT2D eigenvalue weighted by Gasteiger charge is -2.10. The van der Waals surface area contributed by atoms with Crippen LogP contribution in [0.2, 0.25) is 10.0 Å². The van der Waals surface area contributed by atoms with Crippen LogP contribution in [0.15, 0.2) is 47.6 Å². The largest absolute Gasteiger partial charge is 0.488 e. The molecule has 1 heterocycles. The van der Waals surface area contributed by atoms with Gasteiger partial charge in [0.25, 0.3) is 0 Å². The van der Waals surface area contributed by atoms with Crippen molar-refractivity contribution in [3.05, 3.63) is 74.2 Å². The lowest BCUT2D eigenvalue weighted by atomic mass is 10.2. The van der Waals surface area contributed by atoms with Gasteiger partial charge in [0.05, 0.1) is 6.21 Å². The Morgan fingerprint density at radius 2 is 2.08 bits per heavy atom. The molecule has 1 N–H and O–H groups in total. The molecule has 0 saturated carbocycles. The van der Waals surface area contributed by atoms with Crippen molar-refractivity contribution in [1.82, 2.24) is 14.9 Å². The van der Waals surface area contributed by atoms with Gasteiger partial charge in [0.15, 0.2) is 0 Å². The van der Waals surface area contributed by atoms with Gasteiger partial charge in [0, 0.05) is 21.2 Å². The van der Waals surface area contributed by atoms with Crippen LogP contribution in [0.25, 0.3) is 0 Å². The van der Waals surface area contributed by atoms with E-state index >= 15 is 0 Å². The summed E-state index contributed by atoms with van der Waals surface area (Å²) in [5, 5.41) is 12.2. The predicted octanol–water partition coefficient (Wildman–Crippen LogP) is 5.02. The maximum Gasteiger partial charge on any atom is 0.216 e. The zero-order chi connectivity index (χ0) is 17.8. The highest BCUT2D eigenvalue weighted by Gasteiger charge is 2.06. The van der Waals surface area contributed by atoms with E-state index in [9.17, 15) is 0 Å². The van der Waals surface area contributed by atoms with Gasteiger partial charge >= 0.3 is 0 Å². The summed E-state index contributed by atoms with van der Waals surface area (Å²) in [5.41, 5.74) is 1.67. The van der Waals surface area contributed by atoms with Crippen molar-refractivity contribution in [3.8, 4) is 5.75 Å². The molecule has 3 aromatic rings. The van der Waals surface area contributed by atoms with Crippen molar-refractivity contribution in [2.45, 2.75) is 13.5 Å². The summed E-state index contributed by atoms with van der Waals surface area (Å²) < 4.78 is 7.87. The quantitative estimate of drug-likeness (QED) is 0.489. The fraction of sp³-hybridized carbons (Fsp3) is 0.118. The molecule has 0 atom stereocenters. The number of aromatic amines is 1. The topological polar surface area (TPSA) is 55.2 Å². The fourth-order valence-corrected chi connectivity index (χ4v) is 2.83. The number of para-hydroxylation sites is 1. The molecule has 0 spiro atoms. The highest BCUT2D eigenvalue weighted by atomic mass is 35.5. The molecule has 2 aromatic carbocycles. The van der Waals surface area contributed by atoms with E-state index in [4.69, 9.17) is 40.2 Å². The molecule has 0 fully saturated rings. The molecule has 5 nitrogen and oxygen atoms in total. The van der Waals surface area contributed by atoms with Gasteiger partial charge in [-0.1, -0.05) is 41.4 Å². The molecule has 0 aliphatic rings. The van der Waals surface area contributed by atoms with Crippen molar-refractivity contribution >= 4 is 41.6 Å². The van der Waals surface area contributed by atoms with E-state index in [1.807, 2.05) is 37.3 Å². The van der Waals surface area contributed by atoms with Gasteiger partial charge in [-0.25, -0.2) is 0 Å². The van der Waals surface area contributed by atoms with Gasteiger partial charge in [0.2, 0.25) is 4.77 Å². The second kappa shape index (κ2) is 7.82. The summed E-state index contributed by atoms with van der Waals surface area (Å²) in [6.45, 7) is 2.14. The van der Waals surface area contributed by atoms with E-state index in [-0.39, 0.29) is 0 Å². The van der Waals surface area contributed by atoms with Gasteiger partial charge in [-0.05, 0) is 43.4 Å². The predicted molar refractivity (Wildman–Crippen MR) is 102 cm³/mol. The Kier molecular flexibility index (Phi) is 5.53. The van der Waals surface area contributed by atoms with Crippen LogP contribution in [0.4, 0.5) is 0 Å².